The van der Waals surface area contributed by atoms with Gasteiger partial charge in [0.25, 0.3) is 0 Å². The van der Waals surface area contributed by atoms with Gasteiger partial charge in [0.1, 0.15) is 10.6 Å². The molecule has 1 N–H and O–H groups in total. The molecule has 0 unspecified atom stereocenters. The van der Waals surface area contributed by atoms with Gasteiger partial charge in [-0.2, -0.15) is 4.98 Å². The molecule has 3 nitrogen and oxygen atoms in total. The Morgan fingerprint density at radius 1 is 0.920 bits per heavy atom. The standard InChI is InChI=1S/C19H13Cl2N3S/c1-11-2-8-14(9-3-11)22-17-16-15(12-4-6-13(20)7-5-12)10-25-18(16)24-19(21)23-17/h2-10H,1H3,(H,22,23,24). The monoisotopic (exact) mass is 385 g/mol. The van der Waals surface area contributed by atoms with E-state index in [1.807, 2.05) is 36.4 Å². The van der Waals surface area contributed by atoms with Crippen LogP contribution in [0.3, 0.4) is 0 Å². The minimum absolute atomic E-state index is 0.228. The van der Waals surface area contributed by atoms with Crippen LogP contribution >= 0.6 is 34.5 Å². The topological polar surface area (TPSA) is 37.8 Å². The highest BCUT2D eigenvalue weighted by Crippen LogP contribution is 2.38. The van der Waals surface area contributed by atoms with Gasteiger partial charge in [-0.25, -0.2) is 4.98 Å². The van der Waals surface area contributed by atoms with Crippen LogP contribution in [0.15, 0.2) is 53.9 Å². The van der Waals surface area contributed by atoms with Crippen LogP contribution in [0.5, 0.6) is 0 Å². The highest BCUT2D eigenvalue weighted by Gasteiger charge is 2.15. The summed E-state index contributed by atoms with van der Waals surface area (Å²) >= 11 is 13.7. The van der Waals surface area contributed by atoms with Crippen molar-refractivity contribution in [2.24, 2.45) is 0 Å². The average molecular weight is 386 g/mol. The number of nitrogens with zero attached hydrogens (tertiary/aromatic N) is 2. The lowest BCUT2D eigenvalue weighted by atomic mass is 10.1. The van der Waals surface area contributed by atoms with Crippen molar-refractivity contribution in [2.45, 2.75) is 6.92 Å². The van der Waals surface area contributed by atoms with E-state index in [4.69, 9.17) is 23.2 Å². The van der Waals surface area contributed by atoms with Crippen molar-refractivity contribution in [3.05, 3.63) is 69.8 Å². The van der Waals surface area contributed by atoms with Crippen molar-refractivity contribution in [1.82, 2.24) is 9.97 Å². The van der Waals surface area contributed by atoms with Crippen molar-refractivity contribution < 1.29 is 0 Å². The van der Waals surface area contributed by atoms with Crippen LogP contribution in [0.1, 0.15) is 5.56 Å². The summed E-state index contributed by atoms with van der Waals surface area (Å²) in [5.41, 5.74) is 4.28. The smallest absolute Gasteiger partial charge is 0.225 e. The minimum atomic E-state index is 0.228. The highest BCUT2D eigenvalue weighted by molar-refractivity contribution is 7.17. The lowest BCUT2D eigenvalue weighted by Gasteiger charge is -2.09. The molecule has 0 spiro atoms. The second-order valence-electron chi connectivity index (χ2n) is 5.67. The van der Waals surface area contributed by atoms with E-state index in [-0.39, 0.29) is 5.28 Å². The maximum atomic E-state index is 6.12. The van der Waals surface area contributed by atoms with Crippen molar-refractivity contribution in [3.8, 4) is 11.1 Å². The Morgan fingerprint density at radius 3 is 2.36 bits per heavy atom. The molecule has 4 rings (SSSR count). The van der Waals surface area contributed by atoms with Crippen molar-refractivity contribution in [2.75, 3.05) is 5.32 Å². The molecule has 2 heterocycles. The molecule has 0 radical (unpaired) electrons. The van der Waals surface area contributed by atoms with Crippen LogP contribution in [-0.4, -0.2) is 9.97 Å². The summed E-state index contributed by atoms with van der Waals surface area (Å²) in [6.45, 7) is 2.06. The van der Waals surface area contributed by atoms with Gasteiger partial charge >= 0.3 is 0 Å². The number of thiophene rings is 1. The number of nitrogens with one attached hydrogen (secondary N) is 1. The summed E-state index contributed by atoms with van der Waals surface area (Å²) in [4.78, 5) is 9.63. The predicted octanol–water partition coefficient (Wildman–Crippen LogP) is 6.72. The van der Waals surface area contributed by atoms with Gasteiger partial charge in [0.05, 0.1) is 5.39 Å². The third-order valence-electron chi connectivity index (χ3n) is 3.88. The first kappa shape index (κ1) is 16.3. The molecule has 0 fully saturated rings. The van der Waals surface area contributed by atoms with Gasteiger partial charge in [0.2, 0.25) is 5.28 Å². The second kappa shape index (κ2) is 6.64. The minimum Gasteiger partial charge on any atom is -0.340 e. The van der Waals surface area contributed by atoms with Gasteiger partial charge in [-0.05, 0) is 48.4 Å². The Bertz CT molecular complexity index is 1040. The Morgan fingerprint density at radius 2 is 1.64 bits per heavy atom. The summed E-state index contributed by atoms with van der Waals surface area (Å²) in [5.74, 6) is 0.699. The zero-order valence-corrected chi connectivity index (χ0v) is 15.6. The van der Waals surface area contributed by atoms with E-state index in [0.717, 1.165) is 27.0 Å². The molecule has 0 amide bonds. The molecule has 6 heteroatoms. The molecule has 2 aromatic heterocycles. The SMILES string of the molecule is Cc1ccc(Nc2nc(Cl)nc3scc(-c4ccc(Cl)cc4)c23)cc1. The van der Waals surface area contributed by atoms with E-state index >= 15 is 0 Å². The van der Waals surface area contributed by atoms with Gasteiger partial charge < -0.3 is 5.32 Å². The van der Waals surface area contributed by atoms with Gasteiger partial charge in [0.15, 0.2) is 0 Å². The van der Waals surface area contributed by atoms with Crippen LogP contribution in [-0.2, 0) is 0 Å². The molecule has 0 saturated heterocycles. The number of aryl methyl sites for hydroxylation is 1. The van der Waals surface area contributed by atoms with Gasteiger partial charge in [-0.3, -0.25) is 0 Å². The molecule has 0 saturated carbocycles. The summed E-state index contributed by atoms with van der Waals surface area (Å²) in [6.07, 6.45) is 0. The Kier molecular flexibility index (Phi) is 4.34. The molecule has 2 aromatic carbocycles. The van der Waals surface area contributed by atoms with E-state index in [1.54, 1.807) is 11.3 Å². The third-order valence-corrected chi connectivity index (χ3v) is 5.17. The summed E-state index contributed by atoms with van der Waals surface area (Å²) in [7, 11) is 0. The molecule has 0 atom stereocenters. The first-order chi connectivity index (χ1) is 12.1. The first-order valence-electron chi connectivity index (χ1n) is 7.64. The summed E-state index contributed by atoms with van der Waals surface area (Å²) < 4.78 is 0. The first-order valence-corrected chi connectivity index (χ1v) is 9.28. The number of rotatable bonds is 3. The van der Waals surface area contributed by atoms with Gasteiger partial charge in [0, 0.05) is 21.7 Å². The summed E-state index contributed by atoms with van der Waals surface area (Å²) in [5, 5.41) is 7.33. The largest absolute Gasteiger partial charge is 0.340 e. The number of aromatic nitrogens is 2. The maximum absolute atomic E-state index is 6.12. The zero-order chi connectivity index (χ0) is 17.4. The number of hydrogen-bond acceptors (Lipinski definition) is 4. The fourth-order valence-electron chi connectivity index (χ4n) is 2.62. The fourth-order valence-corrected chi connectivity index (χ4v) is 3.91. The molecular formula is C19H13Cl2N3S. The van der Waals surface area contributed by atoms with Crippen molar-refractivity contribution >= 4 is 56.3 Å². The Hall–Kier alpha value is -2.14. The van der Waals surface area contributed by atoms with E-state index in [1.165, 1.54) is 5.56 Å². The second-order valence-corrected chi connectivity index (χ2v) is 7.30. The van der Waals surface area contributed by atoms with Gasteiger partial charge in [-0.15, -0.1) is 11.3 Å². The Labute approximate surface area is 159 Å². The van der Waals surface area contributed by atoms with Gasteiger partial charge in [-0.1, -0.05) is 41.4 Å². The molecule has 0 aliphatic heterocycles. The lowest BCUT2D eigenvalue weighted by Crippen LogP contribution is -1.96. The van der Waals surface area contributed by atoms with Crippen LogP contribution in [0, 0.1) is 6.92 Å². The Balaban J connectivity index is 1.86. The average Bonchev–Trinajstić information content (AvgIpc) is 3.01. The van der Waals surface area contributed by atoms with Crippen LogP contribution in [0.25, 0.3) is 21.3 Å². The fraction of sp³-hybridized carbons (Fsp3) is 0.0526. The molecule has 0 aliphatic carbocycles. The van der Waals surface area contributed by atoms with Crippen LogP contribution in [0.4, 0.5) is 11.5 Å². The molecule has 4 aromatic rings. The maximum Gasteiger partial charge on any atom is 0.225 e. The number of anilines is 2. The molecule has 0 aliphatic rings. The zero-order valence-electron chi connectivity index (χ0n) is 13.3. The van der Waals surface area contributed by atoms with Crippen molar-refractivity contribution in [1.29, 1.82) is 0 Å². The van der Waals surface area contributed by atoms with Crippen molar-refractivity contribution in [3.63, 3.8) is 0 Å². The summed E-state index contributed by atoms with van der Waals surface area (Å²) in [6, 6.07) is 15.9. The van der Waals surface area contributed by atoms with E-state index in [2.05, 4.69) is 39.7 Å². The van der Waals surface area contributed by atoms with E-state index in [9.17, 15) is 0 Å². The number of hydrogen-bond donors (Lipinski definition) is 1. The highest BCUT2D eigenvalue weighted by atomic mass is 35.5. The number of halogens is 2. The third kappa shape index (κ3) is 3.33. The lowest BCUT2D eigenvalue weighted by molar-refractivity contribution is 1.23. The quantitative estimate of drug-likeness (QED) is 0.397. The molecule has 25 heavy (non-hydrogen) atoms. The predicted molar refractivity (Wildman–Crippen MR) is 107 cm³/mol. The molecule has 124 valence electrons. The van der Waals surface area contributed by atoms with Crippen LogP contribution < -0.4 is 5.32 Å². The normalized spacial score (nSPS) is 11.0. The molecular weight excluding hydrogens is 373 g/mol. The van der Waals surface area contributed by atoms with Crippen LogP contribution in [0.2, 0.25) is 10.3 Å². The number of benzene rings is 2. The molecule has 0 bridgehead atoms. The van der Waals surface area contributed by atoms with E-state index < -0.39 is 0 Å². The number of fused-ring (bicyclic) bond motifs is 1. The van der Waals surface area contributed by atoms with E-state index in [0.29, 0.717) is 10.8 Å².